The molecule has 3 rings (SSSR count). The van der Waals surface area contributed by atoms with Gasteiger partial charge in [0.05, 0.1) is 20.6 Å². The maximum absolute atomic E-state index is 12.4. The molecule has 25 heavy (non-hydrogen) atoms. The fourth-order valence-electron chi connectivity index (χ4n) is 3.56. The molecule has 1 aliphatic rings. The van der Waals surface area contributed by atoms with E-state index in [0.29, 0.717) is 18.2 Å². The van der Waals surface area contributed by atoms with Crippen molar-refractivity contribution in [2.45, 2.75) is 31.6 Å². The van der Waals surface area contributed by atoms with Gasteiger partial charge in [-0.2, -0.15) is 0 Å². The summed E-state index contributed by atoms with van der Waals surface area (Å²) in [5.74, 6) is 1.85. The first-order valence-electron chi connectivity index (χ1n) is 8.76. The Balaban J connectivity index is 1.63. The van der Waals surface area contributed by atoms with Gasteiger partial charge in [0, 0.05) is 18.0 Å². The van der Waals surface area contributed by atoms with Crippen molar-refractivity contribution in [1.82, 2.24) is 5.32 Å². The van der Waals surface area contributed by atoms with Gasteiger partial charge in [-0.15, -0.1) is 0 Å². The number of amides is 1. The molecule has 0 bridgehead atoms. The lowest BCUT2D eigenvalue weighted by Gasteiger charge is -2.25. The number of benzene rings is 2. The molecule has 0 heterocycles. The Morgan fingerprint density at radius 1 is 1.16 bits per heavy atom. The van der Waals surface area contributed by atoms with Crippen LogP contribution in [-0.2, 0) is 17.6 Å². The lowest BCUT2D eigenvalue weighted by atomic mass is 9.83. The highest BCUT2D eigenvalue weighted by molar-refractivity contribution is 5.79. The van der Waals surface area contributed by atoms with Crippen molar-refractivity contribution in [2.75, 3.05) is 20.8 Å². The summed E-state index contributed by atoms with van der Waals surface area (Å²) in [5.41, 5.74) is 3.64. The summed E-state index contributed by atoms with van der Waals surface area (Å²) in [6.45, 7) is 0.683. The summed E-state index contributed by atoms with van der Waals surface area (Å²) in [7, 11) is 3.23. The van der Waals surface area contributed by atoms with Crippen molar-refractivity contribution in [3.63, 3.8) is 0 Å². The molecule has 132 valence electrons. The summed E-state index contributed by atoms with van der Waals surface area (Å²) in [6.07, 6.45) is 3.73. The van der Waals surface area contributed by atoms with E-state index in [4.69, 9.17) is 9.47 Å². The summed E-state index contributed by atoms with van der Waals surface area (Å²) >= 11 is 0. The van der Waals surface area contributed by atoms with Gasteiger partial charge in [-0.05, 0) is 48.6 Å². The largest absolute Gasteiger partial charge is 0.497 e. The topological polar surface area (TPSA) is 47.6 Å². The Bertz CT molecular complexity index is 742. The van der Waals surface area contributed by atoms with Crippen LogP contribution in [0.1, 0.15) is 35.4 Å². The summed E-state index contributed by atoms with van der Waals surface area (Å²) in [6, 6.07) is 14.1. The molecule has 0 saturated heterocycles. The van der Waals surface area contributed by atoms with E-state index in [1.165, 1.54) is 17.5 Å². The predicted molar refractivity (Wildman–Crippen MR) is 98.4 cm³/mol. The number of ether oxygens (including phenoxy) is 2. The van der Waals surface area contributed by atoms with Crippen molar-refractivity contribution >= 4 is 5.91 Å². The van der Waals surface area contributed by atoms with Crippen molar-refractivity contribution < 1.29 is 14.3 Å². The molecule has 0 saturated carbocycles. The lowest BCUT2D eigenvalue weighted by Crippen LogP contribution is -2.31. The Kier molecular flexibility index (Phi) is 5.59. The van der Waals surface area contributed by atoms with Crippen molar-refractivity contribution in [1.29, 1.82) is 0 Å². The number of hydrogen-bond donors (Lipinski definition) is 1. The molecule has 1 unspecified atom stereocenters. The summed E-state index contributed by atoms with van der Waals surface area (Å²) < 4.78 is 10.6. The molecule has 1 aliphatic carbocycles. The molecular formula is C21H25NO3. The van der Waals surface area contributed by atoms with Gasteiger partial charge in [0.15, 0.2) is 0 Å². The van der Waals surface area contributed by atoms with Crippen LogP contribution >= 0.6 is 0 Å². The smallest absolute Gasteiger partial charge is 0.224 e. The molecule has 1 N–H and O–H groups in total. The van der Waals surface area contributed by atoms with E-state index in [1.54, 1.807) is 14.2 Å². The van der Waals surface area contributed by atoms with Crippen LogP contribution in [-0.4, -0.2) is 26.7 Å². The van der Waals surface area contributed by atoms with Gasteiger partial charge in [0.2, 0.25) is 5.91 Å². The molecule has 4 nitrogen and oxygen atoms in total. The minimum atomic E-state index is 0.00890. The molecule has 2 aromatic carbocycles. The third-order valence-corrected chi connectivity index (χ3v) is 4.88. The number of carbonyl (C=O) groups is 1. The van der Waals surface area contributed by atoms with E-state index in [0.717, 1.165) is 24.2 Å². The van der Waals surface area contributed by atoms with Gasteiger partial charge in [0.25, 0.3) is 0 Å². The van der Waals surface area contributed by atoms with Crippen LogP contribution in [0.15, 0.2) is 42.5 Å². The average molecular weight is 339 g/mol. The Morgan fingerprint density at radius 2 is 2.00 bits per heavy atom. The number of methoxy groups -OCH3 is 2. The monoisotopic (exact) mass is 339 g/mol. The number of carbonyl (C=O) groups excluding carboxylic acids is 1. The zero-order valence-electron chi connectivity index (χ0n) is 14.9. The Morgan fingerprint density at radius 3 is 2.80 bits per heavy atom. The predicted octanol–water partition coefficient (Wildman–Crippen LogP) is 3.48. The average Bonchev–Trinajstić information content (AvgIpc) is 2.66. The highest BCUT2D eigenvalue weighted by Crippen LogP contribution is 2.31. The molecule has 0 spiro atoms. The molecule has 0 radical (unpaired) electrons. The molecule has 2 aromatic rings. The zero-order valence-corrected chi connectivity index (χ0v) is 14.9. The Labute approximate surface area is 149 Å². The molecule has 1 amide bonds. The second kappa shape index (κ2) is 8.06. The maximum atomic E-state index is 12.4. The Hall–Kier alpha value is -2.49. The molecule has 0 aliphatic heterocycles. The van der Waals surface area contributed by atoms with Gasteiger partial charge in [0.1, 0.15) is 11.5 Å². The van der Waals surface area contributed by atoms with E-state index in [9.17, 15) is 4.79 Å². The van der Waals surface area contributed by atoms with E-state index < -0.39 is 0 Å². The third-order valence-electron chi connectivity index (χ3n) is 4.88. The first kappa shape index (κ1) is 17.3. The quantitative estimate of drug-likeness (QED) is 0.876. The van der Waals surface area contributed by atoms with Crippen molar-refractivity contribution in [3.05, 3.63) is 59.2 Å². The molecular weight excluding hydrogens is 314 g/mol. The van der Waals surface area contributed by atoms with Crippen LogP contribution in [0.5, 0.6) is 11.5 Å². The van der Waals surface area contributed by atoms with Crippen LogP contribution in [0.4, 0.5) is 0 Å². The highest BCUT2D eigenvalue weighted by Gasteiger charge is 2.20. The number of aryl methyl sites for hydroxylation is 1. The summed E-state index contributed by atoms with van der Waals surface area (Å²) in [4.78, 5) is 12.4. The molecule has 0 fully saturated rings. The van der Waals surface area contributed by atoms with E-state index >= 15 is 0 Å². The lowest BCUT2D eigenvalue weighted by molar-refractivity contribution is -0.120. The third kappa shape index (κ3) is 4.13. The number of fused-ring (bicyclic) bond motifs is 1. The zero-order chi connectivity index (χ0) is 17.6. The van der Waals surface area contributed by atoms with Crippen LogP contribution in [0.3, 0.4) is 0 Å². The van der Waals surface area contributed by atoms with Gasteiger partial charge in [-0.1, -0.05) is 24.3 Å². The molecule has 4 heteroatoms. The minimum Gasteiger partial charge on any atom is -0.497 e. The van der Waals surface area contributed by atoms with Crippen LogP contribution in [0.2, 0.25) is 0 Å². The SMILES string of the molecule is COc1ccc(OC)c(CC(=O)NCC2CCCc3ccccc32)c1. The van der Waals surface area contributed by atoms with Crippen LogP contribution in [0.25, 0.3) is 0 Å². The minimum absolute atomic E-state index is 0.00890. The fraction of sp³-hybridized carbons (Fsp3) is 0.381. The van der Waals surface area contributed by atoms with Gasteiger partial charge < -0.3 is 14.8 Å². The first-order chi connectivity index (χ1) is 12.2. The maximum Gasteiger partial charge on any atom is 0.224 e. The van der Waals surface area contributed by atoms with Crippen LogP contribution in [0, 0.1) is 0 Å². The van der Waals surface area contributed by atoms with E-state index in [1.807, 2.05) is 18.2 Å². The summed E-state index contributed by atoms with van der Waals surface area (Å²) in [5, 5.41) is 3.10. The van der Waals surface area contributed by atoms with Crippen molar-refractivity contribution in [3.8, 4) is 11.5 Å². The van der Waals surface area contributed by atoms with Gasteiger partial charge >= 0.3 is 0 Å². The number of hydrogen-bond acceptors (Lipinski definition) is 3. The fourth-order valence-corrected chi connectivity index (χ4v) is 3.56. The number of nitrogens with one attached hydrogen (secondary N) is 1. The second-order valence-electron chi connectivity index (χ2n) is 6.45. The van der Waals surface area contributed by atoms with Crippen molar-refractivity contribution in [2.24, 2.45) is 0 Å². The standard InChI is InChI=1S/C21H25NO3/c1-24-18-10-11-20(25-2)17(12-18)13-21(23)22-14-16-8-5-7-15-6-3-4-9-19(15)16/h3-4,6,9-12,16H,5,7-8,13-14H2,1-2H3,(H,22,23). The number of rotatable bonds is 6. The van der Waals surface area contributed by atoms with E-state index in [-0.39, 0.29) is 12.3 Å². The molecule has 1 atom stereocenters. The van der Waals surface area contributed by atoms with Gasteiger partial charge in [-0.3, -0.25) is 4.79 Å². The molecule has 0 aromatic heterocycles. The highest BCUT2D eigenvalue weighted by atomic mass is 16.5. The van der Waals surface area contributed by atoms with Crippen LogP contribution < -0.4 is 14.8 Å². The normalized spacial score (nSPS) is 16.0. The van der Waals surface area contributed by atoms with Gasteiger partial charge in [-0.25, -0.2) is 0 Å². The first-order valence-corrected chi connectivity index (χ1v) is 8.76. The van der Waals surface area contributed by atoms with E-state index in [2.05, 4.69) is 29.6 Å². The second-order valence-corrected chi connectivity index (χ2v) is 6.45.